The van der Waals surface area contributed by atoms with Crippen LogP contribution in [0.15, 0.2) is 18.2 Å². The quantitative estimate of drug-likeness (QED) is 0.804. The van der Waals surface area contributed by atoms with Gasteiger partial charge in [-0.05, 0) is 36.6 Å². The summed E-state index contributed by atoms with van der Waals surface area (Å²) in [5.74, 6) is 0.818. The van der Waals surface area contributed by atoms with Gasteiger partial charge in [0.25, 0.3) is 0 Å². The molecule has 3 N–H and O–H groups in total. The Morgan fingerprint density at radius 2 is 2.12 bits per heavy atom. The maximum absolute atomic E-state index is 9.87. The summed E-state index contributed by atoms with van der Waals surface area (Å²) in [6, 6.07) is 5.43. The van der Waals surface area contributed by atoms with Crippen molar-refractivity contribution < 1.29 is 9.84 Å². The molecule has 1 aromatic rings. The van der Waals surface area contributed by atoms with Gasteiger partial charge < -0.3 is 15.6 Å². The number of hydrogen-bond donors (Lipinski definition) is 2. The zero-order chi connectivity index (χ0) is 12.1. The van der Waals surface area contributed by atoms with E-state index < -0.39 is 6.10 Å². The number of ether oxygens (including phenoxy) is 1. The summed E-state index contributed by atoms with van der Waals surface area (Å²) in [7, 11) is 1.64. The average Bonchev–Trinajstić information content (AvgIpc) is 2.28. The van der Waals surface area contributed by atoms with Gasteiger partial charge in [0.2, 0.25) is 0 Å². The maximum atomic E-state index is 9.87. The summed E-state index contributed by atoms with van der Waals surface area (Å²) in [4.78, 5) is 0. The fraction of sp³-hybridized carbons (Fsp3) is 0.538. The summed E-state index contributed by atoms with van der Waals surface area (Å²) in [6.07, 6.45) is 1.19. The third kappa shape index (κ3) is 2.97. The van der Waals surface area contributed by atoms with Crippen LogP contribution in [0, 0.1) is 6.92 Å². The van der Waals surface area contributed by atoms with Crippen molar-refractivity contribution in [3.63, 3.8) is 0 Å². The molecular weight excluding hydrogens is 202 g/mol. The van der Waals surface area contributed by atoms with Crippen LogP contribution in [-0.4, -0.2) is 18.3 Å². The van der Waals surface area contributed by atoms with Crippen molar-refractivity contribution in [3.8, 4) is 5.75 Å². The average molecular weight is 223 g/mol. The first-order valence-corrected chi connectivity index (χ1v) is 5.68. The van der Waals surface area contributed by atoms with Gasteiger partial charge in [-0.25, -0.2) is 0 Å². The molecule has 0 unspecified atom stereocenters. The number of rotatable bonds is 5. The van der Waals surface area contributed by atoms with E-state index in [9.17, 15) is 5.11 Å². The van der Waals surface area contributed by atoms with Gasteiger partial charge in [0.05, 0.1) is 19.3 Å². The molecule has 0 saturated heterocycles. The van der Waals surface area contributed by atoms with Crippen molar-refractivity contribution >= 4 is 0 Å². The predicted octanol–water partition coefficient (Wildman–Crippen LogP) is 2.16. The van der Waals surface area contributed by atoms with E-state index in [2.05, 4.69) is 0 Å². The summed E-state index contributed by atoms with van der Waals surface area (Å²) in [5, 5.41) is 9.87. The SMILES string of the molecule is CCC[C@H](O)[C@H](N)c1ccc(OC)cc1C. The van der Waals surface area contributed by atoms with E-state index in [0.717, 1.165) is 29.7 Å². The first-order valence-electron chi connectivity index (χ1n) is 5.68. The smallest absolute Gasteiger partial charge is 0.119 e. The van der Waals surface area contributed by atoms with Crippen LogP contribution >= 0.6 is 0 Å². The molecule has 0 radical (unpaired) electrons. The van der Waals surface area contributed by atoms with Crippen molar-refractivity contribution in [1.82, 2.24) is 0 Å². The van der Waals surface area contributed by atoms with Crippen LogP contribution in [-0.2, 0) is 0 Å². The van der Waals surface area contributed by atoms with Gasteiger partial charge in [-0.15, -0.1) is 0 Å². The van der Waals surface area contributed by atoms with E-state index in [0.29, 0.717) is 0 Å². The minimum Gasteiger partial charge on any atom is -0.497 e. The first kappa shape index (κ1) is 13.0. The molecule has 0 fully saturated rings. The molecule has 0 aliphatic heterocycles. The normalized spacial score (nSPS) is 14.6. The van der Waals surface area contributed by atoms with Gasteiger partial charge in [0, 0.05) is 0 Å². The second-order valence-electron chi connectivity index (χ2n) is 4.10. The molecule has 0 amide bonds. The molecule has 0 aromatic heterocycles. The highest BCUT2D eigenvalue weighted by molar-refractivity contribution is 5.36. The van der Waals surface area contributed by atoms with Crippen LogP contribution in [0.1, 0.15) is 36.9 Å². The third-order valence-corrected chi connectivity index (χ3v) is 2.84. The van der Waals surface area contributed by atoms with E-state index in [1.54, 1.807) is 7.11 Å². The summed E-state index contributed by atoms with van der Waals surface area (Å²) >= 11 is 0. The Kier molecular flexibility index (Phi) is 4.77. The van der Waals surface area contributed by atoms with E-state index >= 15 is 0 Å². The van der Waals surface area contributed by atoms with Crippen LogP contribution < -0.4 is 10.5 Å². The Morgan fingerprint density at radius 1 is 1.44 bits per heavy atom. The molecule has 0 aliphatic rings. The molecule has 2 atom stereocenters. The Balaban J connectivity index is 2.87. The van der Waals surface area contributed by atoms with E-state index in [4.69, 9.17) is 10.5 Å². The second-order valence-corrected chi connectivity index (χ2v) is 4.10. The van der Waals surface area contributed by atoms with Gasteiger partial charge in [-0.3, -0.25) is 0 Å². The van der Waals surface area contributed by atoms with Crippen molar-refractivity contribution in [3.05, 3.63) is 29.3 Å². The largest absolute Gasteiger partial charge is 0.497 e. The number of aliphatic hydroxyl groups is 1. The van der Waals surface area contributed by atoms with Crippen LogP contribution in [0.5, 0.6) is 5.75 Å². The van der Waals surface area contributed by atoms with Gasteiger partial charge in [0.1, 0.15) is 5.75 Å². The molecule has 3 nitrogen and oxygen atoms in total. The highest BCUT2D eigenvalue weighted by atomic mass is 16.5. The number of aryl methyl sites for hydroxylation is 1. The van der Waals surface area contributed by atoms with Crippen LogP contribution in [0.25, 0.3) is 0 Å². The topological polar surface area (TPSA) is 55.5 Å². The molecule has 0 spiro atoms. The van der Waals surface area contributed by atoms with Crippen molar-refractivity contribution in [2.75, 3.05) is 7.11 Å². The van der Waals surface area contributed by atoms with Crippen LogP contribution in [0.3, 0.4) is 0 Å². The molecule has 90 valence electrons. The van der Waals surface area contributed by atoms with Crippen molar-refractivity contribution in [2.45, 2.75) is 38.8 Å². The Hall–Kier alpha value is -1.06. The fourth-order valence-electron chi connectivity index (χ4n) is 1.83. The lowest BCUT2D eigenvalue weighted by molar-refractivity contribution is 0.134. The second kappa shape index (κ2) is 5.87. The standard InChI is InChI=1S/C13H21NO2/c1-4-5-12(15)13(14)11-7-6-10(16-3)8-9(11)2/h6-8,12-13,15H,4-5,14H2,1-3H3/t12-,13+/m0/s1. The number of aliphatic hydroxyl groups excluding tert-OH is 1. The molecule has 0 heterocycles. The molecule has 1 aromatic carbocycles. The molecular formula is C13H21NO2. The molecule has 0 aliphatic carbocycles. The number of hydrogen-bond acceptors (Lipinski definition) is 3. The van der Waals surface area contributed by atoms with Gasteiger partial charge in [-0.2, -0.15) is 0 Å². The number of benzene rings is 1. The maximum Gasteiger partial charge on any atom is 0.119 e. The molecule has 16 heavy (non-hydrogen) atoms. The van der Waals surface area contributed by atoms with Crippen molar-refractivity contribution in [2.24, 2.45) is 5.73 Å². The molecule has 0 bridgehead atoms. The number of methoxy groups -OCH3 is 1. The summed E-state index contributed by atoms with van der Waals surface area (Å²) < 4.78 is 5.13. The fourth-order valence-corrected chi connectivity index (χ4v) is 1.83. The number of nitrogens with two attached hydrogens (primary N) is 1. The van der Waals surface area contributed by atoms with E-state index in [-0.39, 0.29) is 6.04 Å². The Labute approximate surface area is 97.2 Å². The van der Waals surface area contributed by atoms with Gasteiger partial charge >= 0.3 is 0 Å². The van der Waals surface area contributed by atoms with Gasteiger partial charge in [0.15, 0.2) is 0 Å². The Morgan fingerprint density at radius 3 is 2.62 bits per heavy atom. The lowest BCUT2D eigenvalue weighted by atomic mass is 9.95. The molecule has 3 heteroatoms. The van der Waals surface area contributed by atoms with Crippen molar-refractivity contribution in [1.29, 1.82) is 0 Å². The third-order valence-electron chi connectivity index (χ3n) is 2.84. The van der Waals surface area contributed by atoms with E-state index in [1.165, 1.54) is 0 Å². The lowest BCUT2D eigenvalue weighted by Gasteiger charge is -2.20. The Bertz CT molecular complexity index is 339. The van der Waals surface area contributed by atoms with Gasteiger partial charge in [-0.1, -0.05) is 19.4 Å². The first-order chi connectivity index (χ1) is 7.60. The zero-order valence-corrected chi connectivity index (χ0v) is 10.2. The summed E-state index contributed by atoms with van der Waals surface area (Å²) in [5.41, 5.74) is 8.07. The zero-order valence-electron chi connectivity index (χ0n) is 10.2. The lowest BCUT2D eigenvalue weighted by Crippen LogP contribution is -2.26. The minimum atomic E-state index is -0.475. The highest BCUT2D eigenvalue weighted by Gasteiger charge is 2.17. The summed E-state index contributed by atoms with van der Waals surface area (Å²) in [6.45, 7) is 4.02. The molecule has 1 rings (SSSR count). The van der Waals surface area contributed by atoms with Crippen LogP contribution in [0.2, 0.25) is 0 Å². The van der Waals surface area contributed by atoms with E-state index in [1.807, 2.05) is 32.0 Å². The minimum absolute atomic E-state index is 0.314. The predicted molar refractivity (Wildman–Crippen MR) is 65.6 cm³/mol. The highest BCUT2D eigenvalue weighted by Crippen LogP contribution is 2.24. The van der Waals surface area contributed by atoms with Crippen LogP contribution in [0.4, 0.5) is 0 Å². The molecule has 0 saturated carbocycles. The monoisotopic (exact) mass is 223 g/mol.